The van der Waals surface area contributed by atoms with Crippen LogP contribution in [0.15, 0.2) is 134 Å². The van der Waals surface area contributed by atoms with Crippen molar-refractivity contribution < 1.29 is 0 Å². The van der Waals surface area contributed by atoms with Gasteiger partial charge in [-0.05, 0) is 98.1 Å². The zero-order valence-corrected chi connectivity index (χ0v) is 22.6. The quantitative estimate of drug-likeness (QED) is 0.219. The molecule has 0 aliphatic rings. The van der Waals surface area contributed by atoms with Crippen molar-refractivity contribution in [3.63, 3.8) is 0 Å². The molecule has 2 nitrogen and oxygen atoms in total. The van der Waals surface area contributed by atoms with Gasteiger partial charge in [0.15, 0.2) is 0 Å². The predicted octanol–water partition coefficient (Wildman–Crippen LogP) is 10.1. The van der Waals surface area contributed by atoms with E-state index in [9.17, 15) is 0 Å². The highest BCUT2D eigenvalue weighted by atomic mass is 14.6. The van der Waals surface area contributed by atoms with Gasteiger partial charge in [-0.1, -0.05) is 97.1 Å². The Morgan fingerprint density at radius 2 is 0.900 bits per heavy atom. The third-order valence-corrected chi connectivity index (χ3v) is 7.72. The number of fused-ring (bicyclic) bond motifs is 2. The van der Waals surface area contributed by atoms with Crippen LogP contribution in [0.1, 0.15) is 11.3 Å². The van der Waals surface area contributed by atoms with Crippen LogP contribution < -0.4 is 0 Å². The van der Waals surface area contributed by atoms with Crippen LogP contribution in [0.5, 0.6) is 0 Å². The van der Waals surface area contributed by atoms with Crippen LogP contribution in [0.2, 0.25) is 0 Å². The van der Waals surface area contributed by atoms with E-state index in [1.54, 1.807) is 0 Å². The highest BCUT2D eigenvalue weighted by Crippen LogP contribution is 2.44. The number of hydrogen-bond acceptors (Lipinski definition) is 2. The largest absolute Gasteiger partial charge is 0.264 e. The van der Waals surface area contributed by atoms with Crippen molar-refractivity contribution in [3.8, 4) is 44.5 Å². The van der Waals surface area contributed by atoms with Crippen molar-refractivity contribution in [2.45, 2.75) is 13.8 Å². The fraction of sp³-hybridized carbons (Fsp3) is 0.0526. The molecule has 0 radical (unpaired) electrons. The normalized spacial score (nSPS) is 11.2. The van der Waals surface area contributed by atoms with Crippen molar-refractivity contribution in [3.05, 3.63) is 145 Å². The second kappa shape index (κ2) is 9.91. The summed E-state index contributed by atoms with van der Waals surface area (Å²) in [5.74, 6) is 0. The lowest BCUT2D eigenvalue weighted by Crippen LogP contribution is -1.91. The van der Waals surface area contributed by atoms with Gasteiger partial charge >= 0.3 is 0 Å². The lowest BCUT2D eigenvalue weighted by atomic mass is 9.85. The average molecular weight is 513 g/mol. The van der Waals surface area contributed by atoms with Crippen molar-refractivity contribution in [2.75, 3.05) is 0 Å². The lowest BCUT2D eigenvalue weighted by molar-refractivity contribution is 1.20. The van der Waals surface area contributed by atoms with Crippen molar-refractivity contribution in [1.82, 2.24) is 9.97 Å². The third kappa shape index (κ3) is 4.24. The number of hydrogen-bond donors (Lipinski definition) is 0. The minimum Gasteiger partial charge on any atom is -0.264 e. The van der Waals surface area contributed by atoms with Gasteiger partial charge in [0.05, 0.1) is 0 Å². The molecule has 190 valence electrons. The molecule has 2 heterocycles. The summed E-state index contributed by atoms with van der Waals surface area (Å²) >= 11 is 0. The molecule has 40 heavy (non-hydrogen) atoms. The van der Waals surface area contributed by atoms with Crippen LogP contribution in [-0.2, 0) is 0 Å². The first-order chi connectivity index (χ1) is 19.7. The molecule has 0 atom stereocenters. The standard InChI is InChI=1S/C38H28N2/c1-25-21-32(24-39-23-25)28-13-17-30(18-14-28)38-35-9-5-3-7-33(35)37(34-8-4-6-10-36(34)38)29-15-11-27(12-16-29)31-19-20-40-26(2)22-31/h3-24H,1-2H3. The number of rotatable bonds is 4. The van der Waals surface area contributed by atoms with Gasteiger partial charge in [-0.2, -0.15) is 0 Å². The van der Waals surface area contributed by atoms with Gasteiger partial charge in [0, 0.05) is 29.8 Å². The van der Waals surface area contributed by atoms with E-state index >= 15 is 0 Å². The summed E-state index contributed by atoms with van der Waals surface area (Å²) in [5.41, 5.74) is 11.9. The molecule has 0 spiro atoms. The van der Waals surface area contributed by atoms with Crippen LogP contribution in [0.4, 0.5) is 0 Å². The molecule has 0 bridgehead atoms. The Hall–Kier alpha value is -5.08. The van der Waals surface area contributed by atoms with Crippen molar-refractivity contribution in [1.29, 1.82) is 0 Å². The summed E-state index contributed by atoms with van der Waals surface area (Å²) in [7, 11) is 0. The molecule has 0 unspecified atom stereocenters. The summed E-state index contributed by atoms with van der Waals surface area (Å²) in [6, 6.07) is 41.9. The van der Waals surface area contributed by atoms with Crippen LogP contribution >= 0.6 is 0 Å². The Morgan fingerprint density at radius 1 is 0.425 bits per heavy atom. The van der Waals surface area contributed by atoms with E-state index in [0.29, 0.717) is 0 Å². The average Bonchev–Trinajstić information content (AvgIpc) is 3.00. The molecule has 0 saturated heterocycles. The third-order valence-electron chi connectivity index (χ3n) is 7.72. The van der Waals surface area contributed by atoms with Crippen LogP contribution in [0.3, 0.4) is 0 Å². The second-order valence-corrected chi connectivity index (χ2v) is 10.4. The molecule has 0 saturated carbocycles. The lowest BCUT2D eigenvalue weighted by Gasteiger charge is -2.18. The molecule has 2 aromatic heterocycles. The molecular weight excluding hydrogens is 484 g/mol. The fourth-order valence-corrected chi connectivity index (χ4v) is 5.85. The Bertz CT molecular complexity index is 1800. The fourth-order valence-electron chi connectivity index (χ4n) is 5.85. The monoisotopic (exact) mass is 512 g/mol. The maximum Gasteiger partial charge on any atom is 0.0378 e. The zero-order valence-electron chi connectivity index (χ0n) is 22.6. The first kappa shape index (κ1) is 24.0. The van der Waals surface area contributed by atoms with E-state index in [1.807, 2.05) is 25.5 Å². The highest BCUT2D eigenvalue weighted by Gasteiger charge is 2.16. The molecule has 0 amide bonds. The first-order valence-electron chi connectivity index (χ1n) is 13.6. The predicted molar refractivity (Wildman–Crippen MR) is 168 cm³/mol. The maximum absolute atomic E-state index is 4.39. The van der Waals surface area contributed by atoms with Crippen LogP contribution in [-0.4, -0.2) is 9.97 Å². The van der Waals surface area contributed by atoms with Gasteiger partial charge in [0.25, 0.3) is 0 Å². The Balaban J connectivity index is 1.40. The minimum absolute atomic E-state index is 1.03. The van der Waals surface area contributed by atoms with Gasteiger partial charge in [-0.15, -0.1) is 0 Å². The molecule has 5 aromatic carbocycles. The Labute approximate surface area is 234 Å². The Morgan fingerprint density at radius 3 is 1.38 bits per heavy atom. The summed E-state index contributed by atoms with van der Waals surface area (Å²) in [6.45, 7) is 4.11. The van der Waals surface area contributed by atoms with E-state index in [-0.39, 0.29) is 0 Å². The highest BCUT2D eigenvalue weighted by molar-refractivity contribution is 6.21. The summed E-state index contributed by atoms with van der Waals surface area (Å²) in [6.07, 6.45) is 5.71. The smallest absolute Gasteiger partial charge is 0.0378 e. The van der Waals surface area contributed by atoms with Gasteiger partial charge in [0.1, 0.15) is 0 Å². The first-order valence-corrected chi connectivity index (χ1v) is 13.6. The van der Waals surface area contributed by atoms with E-state index in [0.717, 1.165) is 16.8 Å². The van der Waals surface area contributed by atoms with Crippen molar-refractivity contribution in [2.24, 2.45) is 0 Å². The van der Waals surface area contributed by atoms with E-state index in [1.165, 1.54) is 60.5 Å². The van der Waals surface area contributed by atoms with E-state index < -0.39 is 0 Å². The van der Waals surface area contributed by atoms with Crippen molar-refractivity contribution >= 4 is 21.5 Å². The topological polar surface area (TPSA) is 25.8 Å². The maximum atomic E-state index is 4.39. The molecule has 0 fully saturated rings. The zero-order chi connectivity index (χ0) is 27.1. The molecule has 0 N–H and O–H groups in total. The number of aryl methyl sites for hydroxylation is 2. The number of nitrogens with zero attached hydrogens (tertiary/aromatic N) is 2. The SMILES string of the molecule is Cc1cncc(-c2ccc(-c3c4ccccc4c(-c4ccc(-c5ccnc(C)c5)cc4)c4ccccc34)cc2)c1. The Kier molecular flexibility index (Phi) is 5.94. The number of aromatic nitrogens is 2. The molecule has 0 aliphatic heterocycles. The minimum atomic E-state index is 1.03. The number of pyridine rings is 2. The van der Waals surface area contributed by atoms with E-state index in [4.69, 9.17) is 0 Å². The van der Waals surface area contributed by atoms with Gasteiger partial charge in [0.2, 0.25) is 0 Å². The van der Waals surface area contributed by atoms with Crippen LogP contribution in [0, 0.1) is 13.8 Å². The van der Waals surface area contributed by atoms with Gasteiger partial charge in [-0.25, -0.2) is 0 Å². The van der Waals surface area contributed by atoms with Gasteiger partial charge < -0.3 is 0 Å². The summed E-state index contributed by atoms with van der Waals surface area (Å²) < 4.78 is 0. The molecular formula is C38H28N2. The summed E-state index contributed by atoms with van der Waals surface area (Å²) in [5, 5.41) is 5.04. The molecule has 7 rings (SSSR count). The van der Waals surface area contributed by atoms with Crippen LogP contribution in [0.25, 0.3) is 66.1 Å². The summed E-state index contributed by atoms with van der Waals surface area (Å²) in [4.78, 5) is 8.74. The number of benzene rings is 5. The molecule has 0 aliphatic carbocycles. The second-order valence-electron chi connectivity index (χ2n) is 10.4. The molecule has 7 aromatic rings. The van der Waals surface area contributed by atoms with E-state index in [2.05, 4.69) is 132 Å². The van der Waals surface area contributed by atoms with Gasteiger partial charge in [-0.3, -0.25) is 9.97 Å². The molecule has 2 heteroatoms.